The van der Waals surface area contributed by atoms with Gasteiger partial charge in [-0.1, -0.05) is 5.16 Å². The van der Waals surface area contributed by atoms with Gasteiger partial charge in [-0.05, 0) is 6.92 Å². The minimum absolute atomic E-state index is 0.000269. The van der Waals surface area contributed by atoms with Crippen LogP contribution in [-0.2, 0) is 4.79 Å². The van der Waals surface area contributed by atoms with Gasteiger partial charge in [-0.3, -0.25) is 10.1 Å². The van der Waals surface area contributed by atoms with E-state index in [1.54, 1.807) is 13.0 Å². The fourth-order valence-electron chi connectivity index (χ4n) is 1.72. The Morgan fingerprint density at radius 2 is 2.14 bits per heavy atom. The number of hydrogen-bond donors (Lipinski definition) is 2. The van der Waals surface area contributed by atoms with Crippen molar-refractivity contribution in [2.24, 2.45) is 5.92 Å². The molecular formula is C13H13N5O4. The highest BCUT2D eigenvalue weighted by atomic mass is 16.5. The van der Waals surface area contributed by atoms with Crippen molar-refractivity contribution in [3.8, 4) is 11.8 Å². The Morgan fingerprint density at radius 1 is 1.45 bits per heavy atom. The quantitative estimate of drug-likeness (QED) is 0.819. The second kappa shape index (κ2) is 6.64. The number of methoxy groups -OCH3 is 1. The number of aliphatic hydroxyl groups excluding tert-OH is 1. The summed E-state index contributed by atoms with van der Waals surface area (Å²) in [6.07, 6.45) is 2.63. The minimum atomic E-state index is -1.37. The van der Waals surface area contributed by atoms with Gasteiger partial charge in [0.2, 0.25) is 11.9 Å². The van der Waals surface area contributed by atoms with Crippen LogP contribution in [0.5, 0.6) is 5.75 Å². The first kappa shape index (κ1) is 15.4. The number of rotatable bonds is 5. The van der Waals surface area contributed by atoms with Gasteiger partial charge in [0.1, 0.15) is 11.9 Å². The summed E-state index contributed by atoms with van der Waals surface area (Å²) in [4.78, 5) is 19.8. The fourth-order valence-corrected chi connectivity index (χ4v) is 1.72. The molecule has 2 N–H and O–H groups in total. The number of carbonyl (C=O) groups is 1. The number of aliphatic hydroxyl groups is 1. The van der Waals surface area contributed by atoms with Crippen LogP contribution in [0.4, 0.5) is 5.95 Å². The van der Waals surface area contributed by atoms with E-state index in [2.05, 4.69) is 20.4 Å². The average Bonchev–Trinajstić information content (AvgIpc) is 2.94. The molecule has 114 valence electrons. The van der Waals surface area contributed by atoms with Crippen molar-refractivity contribution in [3.63, 3.8) is 0 Å². The molecule has 0 aliphatic rings. The smallest absolute Gasteiger partial charge is 0.247 e. The normalized spacial score (nSPS) is 13.0. The molecule has 1 amide bonds. The number of ether oxygens (including phenoxy) is 1. The number of hydrogen-bond acceptors (Lipinski definition) is 8. The van der Waals surface area contributed by atoms with E-state index in [1.165, 1.54) is 25.7 Å². The zero-order chi connectivity index (χ0) is 16.1. The standard InChI is InChI=1S/C13H13N5O4/c1-7-10(6-17-22-7)11(19)9(3-14)12(20)18-13-15-4-8(21-2)5-16-13/h4-6,9,11,19H,1-2H3,(H,15,16,18,20). The molecule has 0 saturated heterocycles. The van der Waals surface area contributed by atoms with E-state index in [1.807, 2.05) is 0 Å². The van der Waals surface area contributed by atoms with Gasteiger partial charge in [0, 0.05) is 5.56 Å². The van der Waals surface area contributed by atoms with E-state index in [0.717, 1.165) is 0 Å². The van der Waals surface area contributed by atoms with E-state index in [4.69, 9.17) is 14.5 Å². The predicted octanol–water partition coefficient (Wildman–Crippen LogP) is 0.593. The summed E-state index contributed by atoms with van der Waals surface area (Å²) in [6, 6.07) is 1.75. The van der Waals surface area contributed by atoms with Crippen LogP contribution in [0, 0.1) is 24.2 Å². The zero-order valence-corrected chi connectivity index (χ0v) is 11.8. The van der Waals surface area contributed by atoms with Crippen LogP contribution in [-0.4, -0.2) is 33.2 Å². The van der Waals surface area contributed by atoms with Crippen LogP contribution in [0.25, 0.3) is 0 Å². The van der Waals surface area contributed by atoms with Crippen LogP contribution in [0.3, 0.4) is 0 Å². The SMILES string of the molecule is COc1cnc(NC(=O)C(C#N)C(O)c2cnoc2C)nc1. The molecule has 0 spiro atoms. The van der Waals surface area contributed by atoms with Gasteiger partial charge >= 0.3 is 0 Å². The van der Waals surface area contributed by atoms with Crippen molar-refractivity contribution < 1.29 is 19.2 Å². The van der Waals surface area contributed by atoms with E-state index in [-0.39, 0.29) is 11.5 Å². The number of aromatic nitrogens is 3. The molecule has 0 radical (unpaired) electrons. The summed E-state index contributed by atoms with van der Waals surface area (Å²) in [6.45, 7) is 1.57. The van der Waals surface area contributed by atoms with E-state index in [9.17, 15) is 9.90 Å². The van der Waals surface area contributed by atoms with Crippen LogP contribution in [0.2, 0.25) is 0 Å². The van der Waals surface area contributed by atoms with Gasteiger partial charge in [-0.25, -0.2) is 9.97 Å². The Morgan fingerprint density at radius 3 is 2.64 bits per heavy atom. The fraction of sp³-hybridized carbons (Fsp3) is 0.308. The molecule has 0 fully saturated rings. The molecule has 2 aromatic heterocycles. The molecule has 9 heteroatoms. The molecule has 0 aliphatic heterocycles. The first-order valence-electron chi connectivity index (χ1n) is 6.22. The molecule has 2 heterocycles. The van der Waals surface area contributed by atoms with E-state index < -0.39 is 17.9 Å². The maximum Gasteiger partial charge on any atom is 0.247 e. The molecule has 2 aromatic rings. The first-order valence-corrected chi connectivity index (χ1v) is 6.22. The summed E-state index contributed by atoms with van der Waals surface area (Å²) in [7, 11) is 1.46. The topological polar surface area (TPSA) is 134 Å². The van der Waals surface area contributed by atoms with Gasteiger partial charge < -0.3 is 14.4 Å². The lowest BCUT2D eigenvalue weighted by molar-refractivity contribution is -0.121. The van der Waals surface area contributed by atoms with E-state index in [0.29, 0.717) is 11.5 Å². The molecular weight excluding hydrogens is 290 g/mol. The molecule has 0 bridgehead atoms. The largest absolute Gasteiger partial charge is 0.494 e. The van der Waals surface area contributed by atoms with E-state index >= 15 is 0 Å². The van der Waals surface area contributed by atoms with Crippen LogP contribution in [0.1, 0.15) is 17.4 Å². The molecule has 0 aromatic carbocycles. The van der Waals surface area contributed by atoms with Gasteiger partial charge in [0.15, 0.2) is 11.7 Å². The number of nitrogens with zero attached hydrogens (tertiary/aromatic N) is 4. The van der Waals surface area contributed by atoms with Crippen molar-refractivity contribution in [2.75, 3.05) is 12.4 Å². The Hall–Kier alpha value is -2.99. The number of carbonyl (C=O) groups excluding carboxylic acids is 1. The maximum absolute atomic E-state index is 12.1. The molecule has 0 aliphatic carbocycles. The van der Waals surface area contributed by atoms with Gasteiger partial charge in [0.25, 0.3) is 0 Å². The van der Waals surface area contributed by atoms with Crippen LogP contribution >= 0.6 is 0 Å². The third kappa shape index (κ3) is 3.18. The molecule has 9 nitrogen and oxygen atoms in total. The molecule has 2 unspecified atom stereocenters. The second-order valence-corrected chi connectivity index (χ2v) is 4.32. The zero-order valence-electron chi connectivity index (χ0n) is 11.8. The van der Waals surface area contributed by atoms with Crippen molar-refractivity contribution in [3.05, 3.63) is 29.9 Å². The maximum atomic E-state index is 12.1. The third-order valence-electron chi connectivity index (χ3n) is 2.94. The summed E-state index contributed by atoms with van der Waals surface area (Å²) >= 11 is 0. The highest BCUT2D eigenvalue weighted by molar-refractivity contribution is 5.93. The monoisotopic (exact) mass is 303 g/mol. The molecule has 22 heavy (non-hydrogen) atoms. The lowest BCUT2D eigenvalue weighted by Gasteiger charge is -2.14. The van der Waals surface area contributed by atoms with Gasteiger partial charge in [-0.2, -0.15) is 5.26 Å². The third-order valence-corrected chi connectivity index (χ3v) is 2.94. The lowest BCUT2D eigenvalue weighted by Crippen LogP contribution is -2.28. The Kier molecular flexibility index (Phi) is 4.65. The highest BCUT2D eigenvalue weighted by Crippen LogP contribution is 2.25. The van der Waals surface area contributed by atoms with Gasteiger partial charge in [-0.15, -0.1) is 0 Å². The van der Waals surface area contributed by atoms with Crippen LogP contribution in [0.15, 0.2) is 23.1 Å². The number of nitrogens with one attached hydrogen (secondary N) is 1. The van der Waals surface area contributed by atoms with Crippen LogP contribution < -0.4 is 10.1 Å². The number of amides is 1. The summed E-state index contributed by atoms with van der Waals surface area (Å²) < 4.78 is 9.71. The summed E-state index contributed by atoms with van der Waals surface area (Å²) in [5.41, 5.74) is 0.275. The second-order valence-electron chi connectivity index (χ2n) is 4.32. The average molecular weight is 303 g/mol. The Bertz CT molecular complexity index is 691. The van der Waals surface area contributed by atoms with Gasteiger partial charge in [0.05, 0.1) is 31.8 Å². The van der Waals surface area contributed by atoms with Crippen molar-refractivity contribution in [1.29, 1.82) is 5.26 Å². The predicted molar refractivity (Wildman–Crippen MR) is 72.5 cm³/mol. The first-order chi connectivity index (χ1) is 10.6. The number of aryl methyl sites for hydroxylation is 1. The highest BCUT2D eigenvalue weighted by Gasteiger charge is 2.31. The molecule has 2 atom stereocenters. The van der Waals surface area contributed by atoms with Crippen molar-refractivity contribution in [1.82, 2.24) is 15.1 Å². The summed E-state index contributed by atoms with van der Waals surface area (Å²) in [5.74, 6) is -1.33. The Labute approximate surface area is 125 Å². The number of anilines is 1. The lowest BCUT2D eigenvalue weighted by atomic mass is 9.97. The van der Waals surface area contributed by atoms with Crippen molar-refractivity contribution in [2.45, 2.75) is 13.0 Å². The number of nitriles is 1. The molecule has 0 saturated carbocycles. The molecule has 2 rings (SSSR count). The van der Waals surface area contributed by atoms with Crippen molar-refractivity contribution >= 4 is 11.9 Å². The summed E-state index contributed by atoms with van der Waals surface area (Å²) in [5, 5.41) is 25.1. The minimum Gasteiger partial charge on any atom is -0.494 e. The Balaban J connectivity index is 2.12.